The normalized spacial score (nSPS) is 11.4. The quantitative estimate of drug-likeness (QED) is 0.355. The van der Waals surface area contributed by atoms with Gasteiger partial charge < -0.3 is 5.73 Å². The van der Waals surface area contributed by atoms with E-state index in [0.29, 0.717) is 0 Å². The molecule has 0 bridgehead atoms. The topological polar surface area (TPSA) is 50.4 Å². The Morgan fingerprint density at radius 2 is 1.45 bits per heavy atom. The monoisotopic (exact) mass is 503 g/mol. The molecule has 0 spiro atoms. The van der Waals surface area contributed by atoms with Gasteiger partial charge in [0.1, 0.15) is 0 Å². The molecule has 0 aliphatic rings. The summed E-state index contributed by atoms with van der Waals surface area (Å²) in [6, 6.07) is 12.0. The fraction of sp³-hybridized carbons (Fsp3) is 0.0667. The molecule has 0 aliphatic heterocycles. The SMILES string of the molecule is Cc1cc(Br)cc(/C(=N\NC(N)=S)c2cc(Br)cc(Br)c2)c1. The molecule has 114 valence electrons. The number of thiocarbonyl (C=S) groups is 1. The van der Waals surface area contributed by atoms with E-state index >= 15 is 0 Å². The Kier molecular flexibility index (Phi) is 6.14. The van der Waals surface area contributed by atoms with E-state index in [1.54, 1.807) is 0 Å². The molecule has 0 amide bonds. The summed E-state index contributed by atoms with van der Waals surface area (Å²) in [6.45, 7) is 2.03. The van der Waals surface area contributed by atoms with E-state index < -0.39 is 0 Å². The Labute approximate surface area is 159 Å². The lowest BCUT2D eigenvalue weighted by atomic mass is 10.0. The number of rotatable bonds is 3. The summed E-state index contributed by atoms with van der Waals surface area (Å²) in [7, 11) is 0. The first kappa shape index (κ1) is 17.6. The molecule has 0 heterocycles. The number of hydrazone groups is 1. The molecule has 2 aromatic carbocycles. The van der Waals surface area contributed by atoms with Gasteiger partial charge in [0.2, 0.25) is 0 Å². The zero-order valence-electron chi connectivity index (χ0n) is 11.5. The number of nitrogens with two attached hydrogens (primary N) is 1. The standard InChI is InChI=1S/C15H12Br3N3S/c1-8-2-9(4-11(16)3-8)14(20-21-15(19)22)10-5-12(17)7-13(18)6-10/h2-7H,1H3,(H3,19,21,22)/b20-14+. The van der Waals surface area contributed by atoms with Gasteiger partial charge in [0.25, 0.3) is 0 Å². The Morgan fingerprint density at radius 1 is 0.955 bits per heavy atom. The van der Waals surface area contributed by atoms with Crippen LogP contribution in [0.3, 0.4) is 0 Å². The van der Waals surface area contributed by atoms with Gasteiger partial charge in [-0.1, -0.05) is 47.8 Å². The van der Waals surface area contributed by atoms with Crippen LogP contribution >= 0.6 is 60.0 Å². The number of benzene rings is 2. The van der Waals surface area contributed by atoms with E-state index in [0.717, 1.165) is 35.8 Å². The molecule has 0 radical (unpaired) electrons. The Bertz CT molecular complexity index is 666. The van der Waals surface area contributed by atoms with Crippen molar-refractivity contribution in [3.63, 3.8) is 0 Å². The minimum Gasteiger partial charge on any atom is -0.375 e. The second kappa shape index (κ2) is 7.68. The molecule has 2 aromatic rings. The summed E-state index contributed by atoms with van der Waals surface area (Å²) >= 11 is 15.4. The van der Waals surface area contributed by atoms with Gasteiger partial charge in [0.05, 0.1) is 5.71 Å². The Hall–Kier alpha value is -0.760. The minimum atomic E-state index is 0.123. The highest BCUT2D eigenvalue weighted by atomic mass is 79.9. The van der Waals surface area contributed by atoms with Crippen molar-refractivity contribution in [1.29, 1.82) is 0 Å². The summed E-state index contributed by atoms with van der Waals surface area (Å²) in [5.74, 6) is 0. The van der Waals surface area contributed by atoms with Crippen LogP contribution < -0.4 is 11.2 Å². The van der Waals surface area contributed by atoms with Crippen molar-refractivity contribution in [3.8, 4) is 0 Å². The molecule has 0 unspecified atom stereocenters. The van der Waals surface area contributed by atoms with Crippen LogP contribution in [0.5, 0.6) is 0 Å². The summed E-state index contributed by atoms with van der Waals surface area (Å²) in [6.07, 6.45) is 0. The van der Waals surface area contributed by atoms with Crippen molar-refractivity contribution < 1.29 is 0 Å². The molecule has 0 aromatic heterocycles. The van der Waals surface area contributed by atoms with E-state index in [-0.39, 0.29) is 5.11 Å². The lowest BCUT2D eigenvalue weighted by molar-refractivity contribution is 1.03. The van der Waals surface area contributed by atoms with Crippen molar-refractivity contribution in [3.05, 3.63) is 66.5 Å². The average Bonchev–Trinajstić information content (AvgIpc) is 2.36. The molecule has 3 N–H and O–H groups in total. The van der Waals surface area contributed by atoms with E-state index in [1.165, 1.54) is 0 Å². The van der Waals surface area contributed by atoms with Crippen LogP contribution in [0.1, 0.15) is 16.7 Å². The number of hydrogen-bond acceptors (Lipinski definition) is 2. The van der Waals surface area contributed by atoms with Gasteiger partial charge in [-0.25, -0.2) is 0 Å². The van der Waals surface area contributed by atoms with E-state index in [9.17, 15) is 0 Å². The second-order valence-electron chi connectivity index (χ2n) is 4.61. The smallest absolute Gasteiger partial charge is 0.184 e. The van der Waals surface area contributed by atoms with Crippen LogP contribution in [0, 0.1) is 6.92 Å². The van der Waals surface area contributed by atoms with Gasteiger partial charge in [-0.05, 0) is 61.1 Å². The number of nitrogens with one attached hydrogen (secondary N) is 1. The molecular formula is C15H12Br3N3S. The van der Waals surface area contributed by atoms with Crippen molar-refractivity contribution in [2.75, 3.05) is 0 Å². The van der Waals surface area contributed by atoms with Gasteiger partial charge in [-0.15, -0.1) is 0 Å². The summed E-state index contributed by atoms with van der Waals surface area (Å²) in [5, 5.41) is 4.49. The molecule has 22 heavy (non-hydrogen) atoms. The Balaban J connectivity index is 2.60. The van der Waals surface area contributed by atoms with Crippen molar-refractivity contribution in [2.24, 2.45) is 10.8 Å². The van der Waals surface area contributed by atoms with Crippen molar-refractivity contribution >= 4 is 70.8 Å². The molecule has 0 saturated carbocycles. The molecule has 0 fully saturated rings. The van der Waals surface area contributed by atoms with Crippen molar-refractivity contribution in [2.45, 2.75) is 6.92 Å². The Morgan fingerprint density at radius 3 is 1.95 bits per heavy atom. The maximum atomic E-state index is 5.50. The van der Waals surface area contributed by atoms with Crippen LogP contribution in [0.25, 0.3) is 0 Å². The van der Waals surface area contributed by atoms with E-state index in [4.69, 9.17) is 18.0 Å². The van der Waals surface area contributed by atoms with Gasteiger partial charge in [-0.3, -0.25) is 5.43 Å². The average molecular weight is 506 g/mol. The van der Waals surface area contributed by atoms with Gasteiger partial charge in [0, 0.05) is 24.5 Å². The summed E-state index contributed by atoms with van der Waals surface area (Å²) in [5.41, 5.74) is 11.9. The maximum absolute atomic E-state index is 5.50. The third-order valence-electron chi connectivity index (χ3n) is 2.73. The van der Waals surface area contributed by atoms with E-state index in [1.807, 2.05) is 37.3 Å². The van der Waals surface area contributed by atoms with Crippen LogP contribution in [0.15, 0.2) is 54.9 Å². The van der Waals surface area contributed by atoms with Crippen LogP contribution in [0.2, 0.25) is 0 Å². The molecule has 2 rings (SSSR count). The minimum absolute atomic E-state index is 0.123. The highest BCUT2D eigenvalue weighted by Gasteiger charge is 2.11. The molecule has 0 atom stereocenters. The lowest BCUT2D eigenvalue weighted by Crippen LogP contribution is -2.26. The first-order valence-corrected chi connectivity index (χ1v) is 9.01. The molecule has 0 saturated heterocycles. The second-order valence-corrected chi connectivity index (χ2v) is 7.80. The zero-order chi connectivity index (χ0) is 16.3. The predicted octanol–water partition coefficient (Wildman–Crippen LogP) is 4.87. The fourth-order valence-corrected chi connectivity index (χ4v) is 3.92. The number of nitrogens with zero attached hydrogens (tertiary/aromatic N) is 1. The summed E-state index contributed by atoms with van der Waals surface area (Å²) in [4.78, 5) is 0. The highest BCUT2D eigenvalue weighted by Crippen LogP contribution is 2.24. The van der Waals surface area contributed by atoms with Crippen molar-refractivity contribution in [1.82, 2.24) is 5.43 Å². The zero-order valence-corrected chi connectivity index (χ0v) is 17.1. The fourth-order valence-electron chi connectivity index (χ4n) is 1.97. The summed E-state index contributed by atoms with van der Waals surface area (Å²) < 4.78 is 2.89. The lowest BCUT2D eigenvalue weighted by Gasteiger charge is -2.11. The number of hydrogen-bond donors (Lipinski definition) is 2. The molecule has 0 aliphatic carbocycles. The first-order chi connectivity index (χ1) is 10.3. The molecular weight excluding hydrogens is 494 g/mol. The largest absolute Gasteiger partial charge is 0.375 e. The first-order valence-electron chi connectivity index (χ1n) is 6.22. The predicted molar refractivity (Wildman–Crippen MR) is 106 cm³/mol. The van der Waals surface area contributed by atoms with Crippen LogP contribution in [-0.4, -0.2) is 10.8 Å². The third kappa shape index (κ3) is 4.87. The van der Waals surface area contributed by atoms with Gasteiger partial charge >= 0.3 is 0 Å². The highest BCUT2D eigenvalue weighted by molar-refractivity contribution is 9.11. The third-order valence-corrected chi connectivity index (χ3v) is 4.19. The number of halogens is 3. The van der Waals surface area contributed by atoms with E-state index in [2.05, 4.69) is 64.4 Å². The maximum Gasteiger partial charge on any atom is 0.184 e. The van der Waals surface area contributed by atoms with Crippen LogP contribution in [-0.2, 0) is 0 Å². The van der Waals surface area contributed by atoms with Crippen LogP contribution in [0.4, 0.5) is 0 Å². The molecule has 7 heteroatoms. The number of aryl methyl sites for hydroxylation is 1. The van der Waals surface area contributed by atoms with Gasteiger partial charge in [0.15, 0.2) is 5.11 Å². The molecule has 3 nitrogen and oxygen atoms in total. The van der Waals surface area contributed by atoms with Gasteiger partial charge in [-0.2, -0.15) is 5.10 Å².